The summed E-state index contributed by atoms with van der Waals surface area (Å²) in [5.41, 5.74) is 0.159. The van der Waals surface area contributed by atoms with Crippen molar-refractivity contribution in [1.29, 1.82) is 0 Å². The highest BCUT2D eigenvalue weighted by Gasteiger charge is 2.30. The second-order valence-electron chi connectivity index (χ2n) is 7.42. The minimum atomic E-state index is -4.56. The second kappa shape index (κ2) is 10.2. The molecule has 0 unspecified atom stereocenters. The van der Waals surface area contributed by atoms with E-state index in [1.54, 1.807) is 6.07 Å². The molecule has 1 heterocycles. The number of hydrogen-bond acceptors (Lipinski definition) is 2. The van der Waals surface area contributed by atoms with E-state index in [4.69, 9.17) is 11.6 Å². The topological polar surface area (TPSA) is 82.2 Å². The van der Waals surface area contributed by atoms with Crippen LogP contribution in [0.3, 0.4) is 0 Å². The summed E-state index contributed by atoms with van der Waals surface area (Å²) >= 11 is 5.89. The first-order valence-electron chi connectivity index (χ1n) is 10.2. The summed E-state index contributed by atoms with van der Waals surface area (Å²) in [5.74, 6) is -1.89. The van der Waals surface area contributed by atoms with Gasteiger partial charge in [0.2, 0.25) is 5.96 Å². The first kappa shape index (κ1) is 24.9. The molecule has 0 saturated carbocycles. The van der Waals surface area contributed by atoms with E-state index in [0.717, 1.165) is 36.4 Å². The monoisotopic (exact) mass is 519 g/mol. The number of aromatic nitrogens is 2. The van der Waals surface area contributed by atoms with Gasteiger partial charge in [0.15, 0.2) is 0 Å². The Bertz CT molecular complexity index is 1400. The van der Waals surface area contributed by atoms with E-state index in [0.29, 0.717) is 11.3 Å². The zero-order valence-corrected chi connectivity index (χ0v) is 18.8. The number of aliphatic imine (C=N–C) groups is 1. The van der Waals surface area contributed by atoms with Crippen molar-refractivity contribution in [2.75, 3.05) is 10.6 Å². The number of guanidine groups is 1. The maximum atomic E-state index is 13.8. The van der Waals surface area contributed by atoms with Crippen molar-refractivity contribution in [3.05, 3.63) is 101 Å². The fourth-order valence-corrected chi connectivity index (χ4v) is 3.32. The third kappa shape index (κ3) is 6.25. The molecule has 1 aromatic heterocycles. The van der Waals surface area contributed by atoms with Crippen LogP contribution >= 0.6 is 11.6 Å². The highest BCUT2D eigenvalue weighted by atomic mass is 35.5. The largest absolute Gasteiger partial charge is 0.416 e. The second-order valence-corrected chi connectivity index (χ2v) is 7.86. The molecule has 0 aliphatic heterocycles. The molecule has 4 aromatic rings. The Balaban J connectivity index is 1.62. The first-order chi connectivity index (χ1) is 17.1. The van der Waals surface area contributed by atoms with Crippen LogP contribution in [0.2, 0.25) is 5.02 Å². The summed E-state index contributed by atoms with van der Waals surface area (Å²) in [5, 5.41) is 12.4. The third-order valence-electron chi connectivity index (χ3n) is 4.77. The molecule has 36 heavy (non-hydrogen) atoms. The van der Waals surface area contributed by atoms with Crippen molar-refractivity contribution in [3.63, 3.8) is 0 Å². The normalized spacial score (nSPS) is 11.9. The van der Waals surface area contributed by atoms with Gasteiger partial charge >= 0.3 is 6.18 Å². The third-order valence-corrected chi connectivity index (χ3v) is 4.99. The number of benzene rings is 3. The van der Waals surface area contributed by atoms with Crippen LogP contribution in [0.5, 0.6) is 0 Å². The number of anilines is 2. The van der Waals surface area contributed by atoms with Crippen molar-refractivity contribution < 1.29 is 26.7 Å². The number of carbonyl (C=O) groups is 1. The van der Waals surface area contributed by atoms with Gasteiger partial charge in [0, 0.05) is 27.9 Å². The number of aromatic amines is 1. The lowest BCUT2D eigenvalue weighted by Gasteiger charge is -2.12. The van der Waals surface area contributed by atoms with Gasteiger partial charge in [0.1, 0.15) is 17.5 Å². The van der Waals surface area contributed by atoms with E-state index >= 15 is 0 Å². The summed E-state index contributed by atoms with van der Waals surface area (Å²) in [6.07, 6.45) is -4.56. The van der Waals surface area contributed by atoms with Crippen LogP contribution in [-0.4, -0.2) is 22.1 Å². The van der Waals surface area contributed by atoms with Crippen molar-refractivity contribution in [1.82, 2.24) is 10.2 Å². The molecule has 0 atom stereocenters. The fourth-order valence-electron chi connectivity index (χ4n) is 3.10. The molecular formula is C24H15ClF5N5O. The molecule has 6 nitrogen and oxygen atoms in total. The highest BCUT2D eigenvalue weighted by molar-refractivity contribution is 6.31. The zero-order valence-electron chi connectivity index (χ0n) is 18.0. The quantitative estimate of drug-likeness (QED) is 0.158. The van der Waals surface area contributed by atoms with Gasteiger partial charge in [-0.2, -0.15) is 23.3 Å². The molecule has 184 valence electrons. The molecule has 0 saturated heterocycles. The van der Waals surface area contributed by atoms with Crippen molar-refractivity contribution >= 4 is 35.0 Å². The van der Waals surface area contributed by atoms with E-state index in [2.05, 4.69) is 25.8 Å². The van der Waals surface area contributed by atoms with Crippen molar-refractivity contribution in [3.8, 4) is 11.3 Å². The van der Waals surface area contributed by atoms with Crippen LogP contribution in [0.1, 0.15) is 15.9 Å². The molecule has 1 amide bonds. The molecule has 0 fully saturated rings. The van der Waals surface area contributed by atoms with E-state index in [1.165, 1.54) is 30.3 Å². The minimum Gasteiger partial charge on any atom is -0.325 e. The van der Waals surface area contributed by atoms with Gasteiger partial charge in [-0.15, -0.1) is 0 Å². The SMILES string of the molecule is O=C(/N=C(/Nc1cc(F)cc(Cl)c1)Nc1cc(-c2ccc(F)cc2)n[nH]1)c1ccc(C(F)(F)F)cc1. The fraction of sp³-hybridized carbons (Fsp3) is 0.0417. The Labute approximate surface area is 205 Å². The summed E-state index contributed by atoms with van der Waals surface area (Å²) < 4.78 is 65.5. The Morgan fingerprint density at radius 3 is 2.22 bits per heavy atom. The summed E-state index contributed by atoms with van der Waals surface area (Å²) in [6.45, 7) is 0. The molecule has 3 aromatic carbocycles. The Morgan fingerprint density at radius 1 is 0.889 bits per heavy atom. The van der Waals surface area contributed by atoms with Gasteiger partial charge in [0.25, 0.3) is 5.91 Å². The van der Waals surface area contributed by atoms with E-state index in [-0.39, 0.29) is 28.1 Å². The first-order valence-corrected chi connectivity index (χ1v) is 10.6. The molecule has 3 N–H and O–H groups in total. The summed E-state index contributed by atoms with van der Waals surface area (Å²) in [4.78, 5) is 16.6. The lowest BCUT2D eigenvalue weighted by atomic mass is 10.1. The van der Waals surface area contributed by atoms with E-state index in [9.17, 15) is 26.7 Å². The van der Waals surface area contributed by atoms with Crippen LogP contribution in [-0.2, 0) is 6.18 Å². The van der Waals surface area contributed by atoms with E-state index < -0.39 is 29.3 Å². The average molecular weight is 520 g/mol. The predicted octanol–water partition coefficient (Wildman–Crippen LogP) is 6.75. The number of amides is 1. The smallest absolute Gasteiger partial charge is 0.325 e. The van der Waals surface area contributed by atoms with Gasteiger partial charge in [-0.3, -0.25) is 9.89 Å². The number of alkyl halides is 3. The summed E-state index contributed by atoms with van der Waals surface area (Å²) in [7, 11) is 0. The number of H-pyrrole nitrogens is 1. The van der Waals surface area contributed by atoms with Gasteiger partial charge in [-0.1, -0.05) is 11.6 Å². The Morgan fingerprint density at radius 2 is 1.58 bits per heavy atom. The summed E-state index contributed by atoms with van der Waals surface area (Å²) in [6, 6.07) is 14.2. The van der Waals surface area contributed by atoms with Crippen LogP contribution in [0.15, 0.2) is 77.8 Å². The number of carbonyl (C=O) groups excluding carboxylic acids is 1. The van der Waals surface area contributed by atoms with Crippen molar-refractivity contribution in [2.24, 2.45) is 4.99 Å². The van der Waals surface area contributed by atoms with Gasteiger partial charge in [0.05, 0.1) is 11.3 Å². The molecule has 4 rings (SSSR count). The molecule has 12 heteroatoms. The van der Waals surface area contributed by atoms with Crippen LogP contribution in [0.4, 0.5) is 33.5 Å². The zero-order chi connectivity index (χ0) is 25.9. The number of hydrogen-bond donors (Lipinski definition) is 3. The maximum Gasteiger partial charge on any atom is 0.416 e. The number of nitrogens with one attached hydrogen (secondary N) is 3. The van der Waals surface area contributed by atoms with Gasteiger partial charge in [-0.05, 0) is 66.7 Å². The van der Waals surface area contributed by atoms with Gasteiger partial charge in [-0.25, -0.2) is 8.78 Å². The Hall–Kier alpha value is -4.25. The molecule has 0 radical (unpaired) electrons. The molecule has 0 aliphatic rings. The highest BCUT2D eigenvalue weighted by Crippen LogP contribution is 2.29. The Kier molecular flexibility index (Phi) is 7.02. The number of rotatable bonds is 4. The molecule has 0 bridgehead atoms. The van der Waals surface area contributed by atoms with Crippen LogP contribution in [0, 0.1) is 11.6 Å². The predicted molar refractivity (Wildman–Crippen MR) is 126 cm³/mol. The van der Waals surface area contributed by atoms with Crippen LogP contribution in [0.25, 0.3) is 11.3 Å². The number of nitrogens with zero attached hydrogens (tertiary/aromatic N) is 2. The van der Waals surface area contributed by atoms with E-state index in [1.807, 2.05) is 0 Å². The lowest BCUT2D eigenvalue weighted by molar-refractivity contribution is -0.137. The van der Waals surface area contributed by atoms with Crippen LogP contribution < -0.4 is 10.6 Å². The molecule has 0 spiro atoms. The average Bonchev–Trinajstić information content (AvgIpc) is 3.26. The van der Waals surface area contributed by atoms with Crippen molar-refractivity contribution in [2.45, 2.75) is 6.18 Å². The van der Waals surface area contributed by atoms with Gasteiger partial charge < -0.3 is 10.6 Å². The minimum absolute atomic E-state index is 0.0750. The molecule has 0 aliphatic carbocycles. The lowest BCUT2D eigenvalue weighted by Crippen LogP contribution is -2.24. The standard InChI is InChI=1S/C24H15ClF5N5O/c25-16-9-18(27)11-19(10-16)31-23(33-22(36)14-1-5-15(6-2-14)24(28,29)30)32-21-12-20(34-35-21)13-3-7-17(26)8-4-13/h1-12H,(H3,31,32,33,34,35,36). The maximum absolute atomic E-state index is 13.8. The molecular weight excluding hydrogens is 505 g/mol. The number of halogens is 6.